The molecule has 0 aromatic heterocycles. The maximum absolute atomic E-state index is 12.9. The minimum absolute atomic E-state index is 0.121. The number of nitrogens with zero attached hydrogens (tertiary/aromatic N) is 1. The Bertz CT molecular complexity index is 318. The summed E-state index contributed by atoms with van der Waals surface area (Å²) >= 11 is 0. The highest BCUT2D eigenvalue weighted by Gasteiger charge is 2.45. The number of halogens is 2. The summed E-state index contributed by atoms with van der Waals surface area (Å²) in [6.45, 7) is 6.54. The fraction of sp³-hybridized carbons (Fsp3) is 1.00. The van der Waals surface area contributed by atoms with Crippen molar-refractivity contribution in [1.82, 2.24) is 4.90 Å². The number of hydrogen-bond donors (Lipinski definition) is 1. The molecule has 2 aliphatic carbocycles. The maximum atomic E-state index is 12.9. The van der Waals surface area contributed by atoms with Gasteiger partial charge in [-0.15, -0.1) is 0 Å². The van der Waals surface area contributed by atoms with Gasteiger partial charge in [-0.2, -0.15) is 0 Å². The SMILES string of the molecule is CCC(C)(C)C1CCC(O)CC1N(CC(F)F)C1CC1. The first-order chi connectivity index (χ1) is 9.35. The van der Waals surface area contributed by atoms with E-state index in [4.69, 9.17) is 0 Å². The zero-order chi connectivity index (χ0) is 14.9. The van der Waals surface area contributed by atoms with Gasteiger partial charge in [-0.05, 0) is 43.4 Å². The first kappa shape index (κ1) is 16.2. The lowest BCUT2D eigenvalue weighted by Crippen LogP contribution is -2.52. The Labute approximate surface area is 121 Å². The van der Waals surface area contributed by atoms with Crippen molar-refractivity contribution in [3.8, 4) is 0 Å². The van der Waals surface area contributed by atoms with Gasteiger partial charge in [0, 0.05) is 12.1 Å². The molecule has 20 heavy (non-hydrogen) atoms. The molecule has 118 valence electrons. The first-order valence-corrected chi connectivity index (χ1v) is 8.07. The molecule has 0 aliphatic heterocycles. The van der Waals surface area contributed by atoms with Crippen LogP contribution in [0.4, 0.5) is 8.78 Å². The average Bonchev–Trinajstić information content (AvgIpc) is 3.19. The first-order valence-electron chi connectivity index (χ1n) is 8.07. The van der Waals surface area contributed by atoms with Crippen LogP contribution < -0.4 is 0 Å². The second-order valence-corrected chi connectivity index (χ2v) is 7.30. The Morgan fingerprint density at radius 2 is 1.85 bits per heavy atom. The smallest absolute Gasteiger partial charge is 0.251 e. The zero-order valence-corrected chi connectivity index (χ0v) is 13.0. The monoisotopic (exact) mass is 289 g/mol. The van der Waals surface area contributed by atoms with Crippen molar-refractivity contribution in [2.75, 3.05) is 6.54 Å². The molecule has 0 heterocycles. The molecule has 2 aliphatic rings. The van der Waals surface area contributed by atoms with Crippen LogP contribution in [0, 0.1) is 11.3 Å². The van der Waals surface area contributed by atoms with E-state index >= 15 is 0 Å². The molecule has 0 spiro atoms. The van der Waals surface area contributed by atoms with Crippen LogP contribution in [0.25, 0.3) is 0 Å². The molecule has 2 rings (SSSR count). The van der Waals surface area contributed by atoms with Gasteiger partial charge in [0.25, 0.3) is 6.43 Å². The van der Waals surface area contributed by atoms with E-state index in [0.29, 0.717) is 18.4 Å². The Kier molecular flexibility index (Phi) is 5.06. The van der Waals surface area contributed by atoms with Gasteiger partial charge in [0.1, 0.15) is 0 Å². The highest BCUT2D eigenvalue weighted by atomic mass is 19.3. The molecule has 0 aromatic rings. The lowest BCUT2D eigenvalue weighted by Gasteiger charge is -2.48. The van der Waals surface area contributed by atoms with Crippen LogP contribution in [0.3, 0.4) is 0 Å². The Morgan fingerprint density at radius 3 is 2.35 bits per heavy atom. The molecule has 0 radical (unpaired) electrons. The van der Waals surface area contributed by atoms with Gasteiger partial charge >= 0.3 is 0 Å². The third-order valence-corrected chi connectivity index (χ3v) is 5.49. The van der Waals surface area contributed by atoms with Crippen LogP contribution in [-0.4, -0.2) is 41.2 Å². The predicted octanol–water partition coefficient (Wildman–Crippen LogP) is 3.68. The minimum Gasteiger partial charge on any atom is -0.393 e. The number of aliphatic hydroxyl groups excluding tert-OH is 1. The summed E-state index contributed by atoms with van der Waals surface area (Å²) in [5.74, 6) is 0.412. The highest BCUT2D eigenvalue weighted by molar-refractivity contribution is 4.98. The summed E-state index contributed by atoms with van der Waals surface area (Å²) in [5, 5.41) is 10.0. The second-order valence-electron chi connectivity index (χ2n) is 7.30. The van der Waals surface area contributed by atoms with Gasteiger partial charge < -0.3 is 5.11 Å². The van der Waals surface area contributed by atoms with E-state index in [1.165, 1.54) is 0 Å². The van der Waals surface area contributed by atoms with Gasteiger partial charge in [0.05, 0.1) is 12.6 Å². The third-order valence-electron chi connectivity index (χ3n) is 5.49. The lowest BCUT2D eigenvalue weighted by atomic mass is 9.66. The zero-order valence-electron chi connectivity index (χ0n) is 13.0. The average molecular weight is 289 g/mol. The van der Waals surface area contributed by atoms with Crippen LogP contribution in [-0.2, 0) is 0 Å². The fourth-order valence-electron chi connectivity index (χ4n) is 3.79. The normalized spacial score (nSPS) is 32.1. The number of rotatable bonds is 6. The van der Waals surface area contributed by atoms with Crippen molar-refractivity contribution >= 4 is 0 Å². The minimum atomic E-state index is -2.28. The van der Waals surface area contributed by atoms with Gasteiger partial charge in [-0.25, -0.2) is 8.78 Å². The maximum Gasteiger partial charge on any atom is 0.251 e. The Balaban J connectivity index is 2.17. The highest BCUT2D eigenvalue weighted by Crippen LogP contribution is 2.45. The molecule has 3 unspecified atom stereocenters. The van der Waals surface area contributed by atoms with Crippen LogP contribution in [0.1, 0.15) is 59.3 Å². The number of alkyl halides is 2. The summed E-state index contributed by atoms with van der Waals surface area (Å²) in [6.07, 6.45) is 2.98. The van der Waals surface area contributed by atoms with E-state index in [-0.39, 0.29) is 24.1 Å². The molecule has 0 amide bonds. The number of aliphatic hydroxyl groups is 1. The molecule has 2 nitrogen and oxygen atoms in total. The van der Waals surface area contributed by atoms with E-state index in [1.807, 2.05) is 4.90 Å². The van der Waals surface area contributed by atoms with E-state index in [0.717, 1.165) is 32.1 Å². The Hall–Kier alpha value is -0.220. The standard InChI is InChI=1S/C16H29F2NO/c1-4-16(2,3)13-8-7-12(20)9-14(13)19(10-15(17)18)11-5-6-11/h11-15,20H,4-10H2,1-3H3. The van der Waals surface area contributed by atoms with Crippen molar-refractivity contribution in [3.05, 3.63) is 0 Å². The summed E-state index contributed by atoms with van der Waals surface area (Å²) < 4.78 is 25.9. The fourth-order valence-corrected chi connectivity index (χ4v) is 3.79. The van der Waals surface area contributed by atoms with Gasteiger partial charge in [0.2, 0.25) is 0 Å². The van der Waals surface area contributed by atoms with Crippen molar-refractivity contribution in [1.29, 1.82) is 0 Å². The molecule has 0 bridgehead atoms. The third kappa shape index (κ3) is 3.70. The molecular formula is C16H29F2NO. The van der Waals surface area contributed by atoms with Crippen molar-refractivity contribution in [3.63, 3.8) is 0 Å². The lowest BCUT2D eigenvalue weighted by molar-refractivity contribution is -0.0406. The molecule has 4 heteroatoms. The molecular weight excluding hydrogens is 260 g/mol. The van der Waals surface area contributed by atoms with Crippen molar-refractivity contribution in [2.24, 2.45) is 11.3 Å². The van der Waals surface area contributed by atoms with Crippen LogP contribution in [0.15, 0.2) is 0 Å². The summed E-state index contributed by atoms with van der Waals surface area (Å²) in [6, 6.07) is 0.449. The van der Waals surface area contributed by atoms with E-state index in [2.05, 4.69) is 20.8 Å². The summed E-state index contributed by atoms with van der Waals surface area (Å²) in [5.41, 5.74) is 0.153. The van der Waals surface area contributed by atoms with E-state index in [9.17, 15) is 13.9 Å². The van der Waals surface area contributed by atoms with Gasteiger partial charge in [-0.1, -0.05) is 27.2 Å². The molecule has 2 saturated carbocycles. The quantitative estimate of drug-likeness (QED) is 0.806. The molecule has 2 fully saturated rings. The van der Waals surface area contributed by atoms with Crippen molar-refractivity contribution in [2.45, 2.75) is 83.9 Å². The summed E-state index contributed by atoms with van der Waals surface area (Å²) in [7, 11) is 0. The van der Waals surface area contributed by atoms with E-state index < -0.39 is 6.43 Å². The van der Waals surface area contributed by atoms with Crippen LogP contribution in [0.2, 0.25) is 0 Å². The Morgan fingerprint density at radius 1 is 1.20 bits per heavy atom. The molecule has 0 aromatic carbocycles. The van der Waals surface area contributed by atoms with Crippen molar-refractivity contribution < 1.29 is 13.9 Å². The molecule has 0 saturated heterocycles. The van der Waals surface area contributed by atoms with Gasteiger partial charge in [-0.3, -0.25) is 4.90 Å². The van der Waals surface area contributed by atoms with Gasteiger partial charge in [0.15, 0.2) is 0 Å². The van der Waals surface area contributed by atoms with Crippen LogP contribution in [0.5, 0.6) is 0 Å². The summed E-state index contributed by atoms with van der Waals surface area (Å²) in [4.78, 5) is 2.02. The van der Waals surface area contributed by atoms with E-state index in [1.54, 1.807) is 0 Å². The topological polar surface area (TPSA) is 23.5 Å². The number of hydrogen-bond acceptors (Lipinski definition) is 2. The second kappa shape index (κ2) is 6.27. The molecule has 3 atom stereocenters. The largest absolute Gasteiger partial charge is 0.393 e. The van der Waals surface area contributed by atoms with Crippen LogP contribution >= 0.6 is 0 Å². The predicted molar refractivity (Wildman–Crippen MR) is 76.9 cm³/mol. The molecule has 1 N–H and O–H groups in total.